The van der Waals surface area contributed by atoms with Gasteiger partial charge in [0.1, 0.15) is 29.8 Å². The second-order valence-corrected chi connectivity index (χ2v) is 11.3. The zero-order valence-electron chi connectivity index (χ0n) is 26.4. The summed E-state index contributed by atoms with van der Waals surface area (Å²) in [5.41, 5.74) is 0.244. The van der Waals surface area contributed by atoms with Crippen LogP contribution in [0.5, 0.6) is 0 Å². The van der Waals surface area contributed by atoms with E-state index in [1.165, 1.54) is 25.1 Å². The smallest absolute Gasteiger partial charge is 0.336 e. The molecule has 47 heavy (non-hydrogen) atoms. The monoisotopic (exact) mass is 661 g/mol. The van der Waals surface area contributed by atoms with Gasteiger partial charge in [0, 0.05) is 36.6 Å². The summed E-state index contributed by atoms with van der Waals surface area (Å²) in [6.07, 6.45) is -3.52. The van der Waals surface area contributed by atoms with Gasteiger partial charge in [-0.3, -0.25) is 33.6 Å². The first-order chi connectivity index (χ1) is 21.9. The molecule has 0 saturated carbocycles. The number of carbonyl (C=O) groups is 7. The lowest BCUT2D eigenvalue weighted by atomic mass is 10.0. The van der Waals surface area contributed by atoms with E-state index in [1.807, 2.05) is 0 Å². The molecule has 0 aliphatic rings. The number of aryl methyl sites for hydroxylation is 1. The summed E-state index contributed by atoms with van der Waals surface area (Å²) in [7, 11) is 0. The van der Waals surface area contributed by atoms with Crippen molar-refractivity contribution in [3.05, 3.63) is 40.2 Å². The van der Waals surface area contributed by atoms with Crippen LogP contribution in [0.25, 0.3) is 11.0 Å². The van der Waals surface area contributed by atoms with Gasteiger partial charge in [-0.1, -0.05) is 13.8 Å². The number of aliphatic hydroxyl groups excluding tert-OH is 1. The van der Waals surface area contributed by atoms with Gasteiger partial charge in [0.05, 0.1) is 12.5 Å². The number of benzene rings is 1. The van der Waals surface area contributed by atoms with E-state index < -0.39 is 103 Å². The molecule has 0 spiro atoms. The number of carboxylic acids is 2. The maximum Gasteiger partial charge on any atom is 0.336 e. The molecule has 0 bridgehead atoms. The Morgan fingerprint density at radius 2 is 1.40 bits per heavy atom. The fourth-order valence-corrected chi connectivity index (χ4v) is 4.49. The largest absolute Gasteiger partial charge is 0.481 e. The molecule has 17 heteroatoms. The first-order valence-electron chi connectivity index (χ1n) is 14.5. The van der Waals surface area contributed by atoms with Gasteiger partial charge in [0.25, 0.3) is 0 Å². The number of amides is 5. The Hall–Kier alpha value is -5.32. The van der Waals surface area contributed by atoms with Crippen molar-refractivity contribution in [3.63, 3.8) is 0 Å². The van der Waals surface area contributed by atoms with Crippen molar-refractivity contribution in [2.75, 3.05) is 5.32 Å². The van der Waals surface area contributed by atoms with Crippen molar-refractivity contribution in [1.82, 2.24) is 21.3 Å². The molecule has 17 nitrogen and oxygen atoms in total. The highest BCUT2D eigenvalue weighted by Gasteiger charge is 2.34. The van der Waals surface area contributed by atoms with E-state index in [2.05, 4.69) is 26.6 Å². The van der Waals surface area contributed by atoms with Crippen LogP contribution in [-0.2, 0) is 33.6 Å². The molecule has 8 N–H and O–H groups in total. The molecule has 5 atom stereocenters. The van der Waals surface area contributed by atoms with Gasteiger partial charge in [0.2, 0.25) is 29.5 Å². The second-order valence-electron chi connectivity index (χ2n) is 11.3. The second kappa shape index (κ2) is 16.8. The lowest BCUT2D eigenvalue weighted by Crippen LogP contribution is -2.60. The number of aliphatic hydroxyl groups is 1. The van der Waals surface area contributed by atoms with E-state index >= 15 is 0 Å². The molecule has 1 aromatic heterocycles. The van der Waals surface area contributed by atoms with Gasteiger partial charge in [-0.15, -0.1) is 0 Å². The fraction of sp³-hybridized carbons (Fsp3) is 0.467. The molecule has 0 radical (unpaired) electrons. The Morgan fingerprint density at radius 1 is 0.787 bits per heavy atom. The third-order valence-corrected chi connectivity index (χ3v) is 6.88. The van der Waals surface area contributed by atoms with Crippen LogP contribution in [0.1, 0.15) is 52.5 Å². The van der Waals surface area contributed by atoms with Crippen LogP contribution in [0, 0.1) is 12.8 Å². The van der Waals surface area contributed by atoms with Crippen LogP contribution < -0.4 is 32.2 Å². The number of rotatable bonds is 16. The summed E-state index contributed by atoms with van der Waals surface area (Å²) >= 11 is 0. The normalized spacial score (nSPS) is 14.2. The molecule has 0 aliphatic carbocycles. The molecular formula is C30H39N5O12. The molecule has 2 aromatic rings. The fourth-order valence-electron chi connectivity index (χ4n) is 4.49. The van der Waals surface area contributed by atoms with Gasteiger partial charge in [-0.25, -0.2) is 4.79 Å². The SMILES string of the molecule is CC(=O)NC(C(=O)NC(CCC(=O)O)C(=O)NC(C(=O)NC(CC(=O)O)C(=O)Nc1ccc2c(C)cc(=O)oc2c1)C(C)O)C(C)C. The highest BCUT2D eigenvalue weighted by Crippen LogP contribution is 2.21. The van der Waals surface area contributed by atoms with Crippen molar-refractivity contribution in [2.45, 2.75) is 84.2 Å². The van der Waals surface area contributed by atoms with E-state index in [4.69, 9.17) is 9.52 Å². The molecule has 0 aliphatic heterocycles. The number of carboxylic acid groups (broad SMARTS) is 2. The van der Waals surface area contributed by atoms with E-state index in [-0.39, 0.29) is 11.3 Å². The van der Waals surface area contributed by atoms with E-state index in [9.17, 15) is 48.6 Å². The average Bonchev–Trinajstić information content (AvgIpc) is 2.94. The van der Waals surface area contributed by atoms with Crippen LogP contribution in [0.2, 0.25) is 0 Å². The van der Waals surface area contributed by atoms with Gasteiger partial charge in [-0.2, -0.15) is 0 Å². The van der Waals surface area contributed by atoms with Gasteiger partial charge < -0.3 is 46.3 Å². The molecule has 256 valence electrons. The van der Waals surface area contributed by atoms with E-state index in [0.717, 1.165) is 6.92 Å². The molecule has 1 aromatic carbocycles. The maximum atomic E-state index is 13.2. The van der Waals surface area contributed by atoms with Crippen molar-refractivity contribution < 1.29 is 53.3 Å². The van der Waals surface area contributed by atoms with Crippen LogP contribution in [0.3, 0.4) is 0 Å². The van der Waals surface area contributed by atoms with Crippen molar-refractivity contribution in [3.8, 4) is 0 Å². The Bertz CT molecular complexity index is 1580. The van der Waals surface area contributed by atoms with Crippen molar-refractivity contribution >= 4 is 58.1 Å². The van der Waals surface area contributed by atoms with Crippen LogP contribution in [0.4, 0.5) is 5.69 Å². The highest BCUT2D eigenvalue weighted by atomic mass is 16.4. The molecule has 5 amide bonds. The minimum atomic E-state index is -1.79. The third-order valence-electron chi connectivity index (χ3n) is 6.88. The Morgan fingerprint density at radius 3 is 1.96 bits per heavy atom. The number of anilines is 1. The maximum absolute atomic E-state index is 13.2. The lowest BCUT2D eigenvalue weighted by Gasteiger charge is -2.28. The Labute approximate surface area is 268 Å². The number of aliphatic carboxylic acids is 2. The van der Waals surface area contributed by atoms with Gasteiger partial charge in [-0.05, 0) is 43.9 Å². The first kappa shape index (κ1) is 37.9. The third kappa shape index (κ3) is 11.5. The predicted molar refractivity (Wildman–Crippen MR) is 165 cm³/mol. The molecular weight excluding hydrogens is 622 g/mol. The predicted octanol–water partition coefficient (Wildman–Crippen LogP) is -0.625. The van der Waals surface area contributed by atoms with Crippen LogP contribution in [0.15, 0.2) is 33.5 Å². The van der Waals surface area contributed by atoms with Crippen LogP contribution >= 0.6 is 0 Å². The van der Waals surface area contributed by atoms with E-state index in [1.54, 1.807) is 26.8 Å². The molecule has 2 rings (SSSR count). The number of hydrogen-bond donors (Lipinski definition) is 8. The van der Waals surface area contributed by atoms with Gasteiger partial charge >= 0.3 is 17.6 Å². The zero-order chi connectivity index (χ0) is 35.6. The lowest BCUT2D eigenvalue weighted by molar-refractivity contribution is -0.141. The summed E-state index contributed by atoms with van der Waals surface area (Å²) in [6.45, 7) is 7.25. The van der Waals surface area contributed by atoms with Gasteiger partial charge in [0.15, 0.2) is 0 Å². The molecule has 0 fully saturated rings. The molecule has 5 unspecified atom stereocenters. The topological polar surface area (TPSA) is 271 Å². The minimum absolute atomic E-state index is 0.109. The zero-order valence-corrected chi connectivity index (χ0v) is 26.4. The van der Waals surface area contributed by atoms with E-state index in [0.29, 0.717) is 10.9 Å². The van der Waals surface area contributed by atoms with Crippen LogP contribution in [-0.4, -0.2) is 87.1 Å². The number of nitrogens with one attached hydrogen (secondary N) is 5. The Kier molecular flexibility index (Phi) is 13.6. The number of carbonyl (C=O) groups excluding carboxylic acids is 5. The standard InChI is InChI=1S/C30H39N5O12/c1-13(2)25(31-16(5)37)29(45)33-19(8-9-22(38)39)27(43)35-26(15(4)36)30(46)34-20(12-23(40)41)28(44)32-17-6-7-18-14(3)10-24(42)47-21(18)11-17/h6-7,10-11,13,15,19-20,25-26,36H,8-9,12H2,1-5H3,(H,31,37)(H,32,44)(H,33,45)(H,34,46)(H,35,43)(H,38,39)(H,40,41). The molecule has 0 saturated heterocycles. The summed E-state index contributed by atoms with van der Waals surface area (Å²) in [5.74, 6) is -7.76. The average molecular weight is 662 g/mol. The minimum Gasteiger partial charge on any atom is -0.481 e. The number of hydrogen-bond acceptors (Lipinski definition) is 10. The first-order valence-corrected chi connectivity index (χ1v) is 14.5. The number of fused-ring (bicyclic) bond motifs is 1. The highest BCUT2D eigenvalue weighted by molar-refractivity contribution is 6.01. The Balaban J connectivity index is 2.26. The van der Waals surface area contributed by atoms with Crippen molar-refractivity contribution in [1.29, 1.82) is 0 Å². The summed E-state index contributed by atoms with van der Waals surface area (Å²) in [6, 6.07) is -0.470. The molecule has 1 heterocycles. The van der Waals surface area contributed by atoms with Crippen molar-refractivity contribution in [2.24, 2.45) is 5.92 Å². The quantitative estimate of drug-likeness (QED) is 0.105. The summed E-state index contributed by atoms with van der Waals surface area (Å²) in [5, 5.41) is 41.1. The summed E-state index contributed by atoms with van der Waals surface area (Å²) < 4.78 is 5.15. The summed E-state index contributed by atoms with van der Waals surface area (Å²) in [4.78, 5) is 98.5.